The fraction of sp³-hybridized carbons (Fsp3) is 0.250. The van der Waals surface area contributed by atoms with Crippen LogP contribution < -0.4 is 10.1 Å². The van der Waals surface area contributed by atoms with E-state index in [0.717, 1.165) is 0 Å². The number of amides is 1. The number of ether oxygens (including phenoxy) is 2. The number of carbonyl (C=O) groups excluding carboxylic acids is 3. The van der Waals surface area contributed by atoms with Crippen LogP contribution in [0.5, 0.6) is 5.75 Å². The Morgan fingerprint density at radius 3 is 2.33 bits per heavy atom. The van der Waals surface area contributed by atoms with E-state index in [9.17, 15) is 14.4 Å². The van der Waals surface area contributed by atoms with E-state index in [2.05, 4.69) is 10.1 Å². The van der Waals surface area contributed by atoms with Gasteiger partial charge in [-0.1, -0.05) is 0 Å². The first-order chi connectivity index (χ1) is 8.43. The number of benzene rings is 1. The molecule has 0 spiro atoms. The normalized spacial score (nSPS) is 9.50. The van der Waals surface area contributed by atoms with Gasteiger partial charge in [0, 0.05) is 25.6 Å². The zero-order valence-electron chi connectivity index (χ0n) is 10.3. The first kappa shape index (κ1) is 13.7. The molecule has 0 fully saturated rings. The summed E-state index contributed by atoms with van der Waals surface area (Å²) in [5.74, 6) is -1.42. The maximum Gasteiger partial charge on any atom is 0.341 e. The number of esters is 2. The Bertz CT molecular complexity index is 495. The molecule has 0 unspecified atom stereocenters. The van der Waals surface area contributed by atoms with Crippen molar-refractivity contribution in [1.29, 1.82) is 0 Å². The van der Waals surface area contributed by atoms with Gasteiger partial charge in [-0.3, -0.25) is 9.59 Å². The highest BCUT2D eigenvalue weighted by molar-refractivity contribution is 5.95. The largest absolute Gasteiger partial charge is 0.465 e. The number of hydrogen-bond acceptors (Lipinski definition) is 5. The van der Waals surface area contributed by atoms with Gasteiger partial charge in [-0.25, -0.2) is 4.79 Å². The Morgan fingerprint density at radius 2 is 1.83 bits per heavy atom. The van der Waals surface area contributed by atoms with Crippen LogP contribution in [0.15, 0.2) is 18.2 Å². The van der Waals surface area contributed by atoms with Gasteiger partial charge in [0.15, 0.2) is 0 Å². The zero-order chi connectivity index (χ0) is 13.7. The second kappa shape index (κ2) is 5.81. The van der Waals surface area contributed by atoms with Gasteiger partial charge in [0.2, 0.25) is 5.91 Å². The highest BCUT2D eigenvalue weighted by Gasteiger charge is 2.15. The standard InChI is InChI=1S/C12H13NO5/c1-7(14)13-9-4-5-10(12(16)17-3)11(6-9)18-8(2)15/h4-6H,1-3H3,(H,13,14). The zero-order valence-corrected chi connectivity index (χ0v) is 10.3. The minimum atomic E-state index is -0.624. The number of methoxy groups -OCH3 is 1. The molecular weight excluding hydrogens is 238 g/mol. The monoisotopic (exact) mass is 251 g/mol. The van der Waals surface area contributed by atoms with Crippen LogP contribution in [-0.2, 0) is 14.3 Å². The van der Waals surface area contributed by atoms with Crippen molar-refractivity contribution in [3.8, 4) is 5.75 Å². The average molecular weight is 251 g/mol. The van der Waals surface area contributed by atoms with E-state index in [0.29, 0.717) is 5.69 Å². The van der Waals surface area contributed by atoms with Crippen LogP contribution in [-0.4, -0.2) is 25.0 Å². The summed E-state index contributed by atoms with van der Waals surface area (Å²) in [6.07, 6.45) is 0. The number of nitrogens with one attached hydrogen (secondary N) is 1. The molecule has 18 heavy (non-hydrogen) atoms. The summed E-state index contributed by atoms with van der Waals surface area (Å²) in [5.41, 5.74) is 0.535. The molecule has 0 aliphatic carbocycles. The van der Waals surface area contributed by atoms with Crippen LogP contribution in [0, 0.1) is 0 Å². The minimum absolute atomic E-state index is 0.0422. The summed E-state index contributed by atoms with van der Waals surface area (Å²) in [6.45, 7) is 2.56. The maximum atomic E-state index is 11.4. The van der Waals surface area contributed by atoms with Crippen molar-refractivity contribution in [2.75, 3.05) is 12.4 Å². The fourth-order valence-electron chi connectivity index (χ4n) is 1.32. The quantitative estimate of drug-likeness (QED) is 0.647. The Kier molecular flexibility index (Phi) is 4.42. The van der Waals surface area contributed by atoms with E-state index in [-0.39, 0.29) is 17.2 Å². The second-order valence-corrected chi connectivity index (χ2v) is 3.48. The first-order valence-corrected chi connectivity index (χ1v) is 5.12. The van der Waals surface area contributed by atoms with E-state index >= 15 is 0 Å². The third kappa shape index (κ3) is 3.58. The molecule has 1 aromatic carbocycles. The SMILES string of the molecule is COC(=O)c1ccc(NC(C)=O)cc1OC(C)=O. The molecule has 0 aliphatic heterocycles. The summed E-state index contributed by atoms with van der Waals surface area (Å²) >= 11 is 0. The van der Waals surface area contributed by atoms with Gasteiger partial charge in [-0.15, -0.1) is 0 Å². The van der Waals surface area contributed by atoms with E-state index in [1.165, 1.54) is 39.2 Å². The molecule has 1 aromatic rings. The van der Waals surface area contributed by atoms with Crippen LogP contribution in [0.1, 0.15) is 24.2 Å². The molecule has 6 nitrogen and oxygen atoms in total. The van der Waals surface area contributed by atoms with Crippen molar-refractivity contribution < 1.29 is 23.9 Å². The topological polar surface area (TPSA) is 81.7 Å². The number of hydrogen-bond donors (Lipinski definition) is 1. The molecule has 1 amide bonds. The second-order valence-electron chi connectivity index (χ2n) is 3.48. The Morgan fingerprint density at radius 1 is 1.17 bits per heavy atom. The van der Waals surface area contributed by atoms with Gasteiger partial charge in [0.05, 0.1) is 7.11 Å². The summed E-state index contributed by atoms with van der Waals surface area (Å²) in [6, 6.07) is 4.31. The van der Waals surface area contributed by atoms with Gasteiger partial charge < -0.3 is 14.8 Å². The summed E-state index contributed by atoms with van der Waals surface area (Å²) < 4.78 is 9.46. The average Bonchev–Trinajstić information content (AvgIpc) is 2.26. The van der Waals surface area contributed by atoms with Crippen molar-refractivity contribution >= 4 is 23.5 Å². The molecule has 0 radical (unpaired) electrons. The molecule has 6 heteroatoms. The molecule has 0 aromatic heterocycles. The van der Waals surface area contributed by atoms with E-state index in [4.69, 9.17) is 4.74 Å². The molecule has 0 bridgehead atoms. The van der Waals surface area contributed by atoms with Crippen molar-refractivity contribution in [2.24, 2.45) is 0 Å². The van der Waals surface area contributed by atoms with Crippen LogP contribution in [0.25, 0.3) is 0 Å². The highest BCUT2D eigenvalue weighted by Crippen LogP contribution is 2.24. The molecule has 0 atom stereocenters. The van der Waals surface area contributed by atoms with E-state index < -0.39 is 11.9 Å². The van der Waals surface area contributed by atoms with Crippen LogP contribution in [0.2, 0.25) is 0 Å². The molecule has 1 rings (SSSR count). The van der Waals surface area contributed by atoms with Gasteiger partial charge in [-0.05, 0) is 12.1 Å². The third-order valence-electron chi connectivity index (χ3n) is 1.96. The molecule has 96 valence electrons. The third-order valence-corrected chi connectivity index (χ3v) is 1.96. The maximum absolute atomic E-state index is 11.4. The minimum Gasteiger partial charge on any atom is -0.465 e. The molecule has 0 saturated heterocycles. The number of carbonyl (C=O) groups is 3. The number of rotatable bonds is 3. The van der Waals surface area contributed by atoms with Crippen molar-refractivity contribution in [1.82, 2.24) is 0 Å². The predicted octanol–water partition coefficient (Wildman–Crippen LogP) is 1.36. The lowest BCUT2D eigenvalue weighted by atomic mass is 10.2. The first-order valence-electron chi connectivity index (χ1n) is 5.12. The molecule has 0 aliphatic rings. The van der Waals surface area contributed by atoms with Crippen molar-refractivity contribution in [3.63, 3.8) is 0 Å². The fourth-order valence-corrected chi connectivity index (χ4v) is 1.32. The lowest BCUT2D eigenvalue weighted by Crippen LogP contribution is -2.11. The van der Waals surface area contributed by atoms with Gasteiger partial charge >= 0.3 is 11.9 Å². The van der Waals surface area contributed by atoms with Gasteiger partial charge in [-0.2, -0.15) is 0 Å². The smallest absolute Gasteiger partial charge is 0.341 e. The van der Waals surface area contributed by atoms with E-state index in [1.54, 1.807) is 0 Å². The Balaban J connectivity index is 3.15. The van der Waals surface area contributed by atoms with Gasteiger partial charge in [0.25, 0.3) is 0 Å². The van der Waals surface area contributed by atoms with Gasteiger partial charge in [0.1, 0.15) is 11.3 Å². The Hall–Kier alpha value is -2.37. The van der Waals surface area contributed by atoms with E-state index in [1.807, 2.05) is 0 Å². The van der Waals surface area contributed by atoms with Crippen molar-refractivity contribution in [3.05, 3.63) is 23.8 Å². The number of anilines is 1. The lowest BCUT2D eigenvalue weighted by molar-refractivity contribution is -0.131. The Labute approximate surface area is 104 Å². The molecule has 1 N–H and O–H groups in total. The summed E-state index contributed by atoms with van der Waals surface area (Å²) in [5, 5.41) is 2.52. The molecule has 0 heterocycles. The van der Waals surface area contributed by atoms with Crippen LogP contribution >= 0.6 is 0 Å². The van der Waals surface area contributed by atoms with Crippen molar-refractivity contribution in [2.45, 2.75) is 13.8 Å². The lowest BCUT2D eigenvalue weighted by Gasteiger charge is -2.09. The predicted molar refractivity (Wildman–Crippen MR) is 63.4 cm³/mol. The highest BCUT2D eigenvalue weighted by atomic mass is 16.5. The van der Waals surface area contributed by atoms with Crippen LogP contribution in [0.4, 0.5) is 5.69 Å². The summed E-state index contributed by atoms with van der Waals surface area (Å²) in [4.78, 5) is 33.3. The molecule has 0 saturated carbocycles. The summed E-state index contributed by atoms with van der Waals surface area (Å²) in [7, 11) is 1.22. The van der Waals surface area contributed by atoms with Crippen LogP contribution in [0.3, 0.4) is 0 Å². The molecular formula is C12H13NO5.